The third-order valence-corrected chi connectivity index (χ3v) is 3.84. The number of likely N-dealkylation sites (tertiary alicyclic amines) is 1. The largest absolute Gasteiger partial charge is 0.337 e. The zero-order valence-electron chi connectivity index (χ0n) is 11.6. The van der Waals surface area contributed by atoms with Crippen LogP contribution in [0.3, 0.4) is 0 Å². The fraction of sp³-hybridized carbons (Fsp3) is 0.467. The number of hydrogen-bond acceptors (Lipinski definition) is 2. The lowest BCUT2D eigenvalue weighted by molar-refractivity contribution is 0.0716. The molecule has 0 spiro atoms. The molecule has 0 aliphatic carbocycles. The van der Waals surface area contributed by atoms with Crippen molar-refractivity contribution in [2.45, 2.75) is 32.6 Å². The molecule has 20 heavy (non-hydrogen) atoms. The van der Waals surface area contributed by atoms with Gasteiger partial charge < -0.3 is 4.90 Å². The van der Waals surface area contributed by atoms with Crippen molar-refractivity contribution >= 4 is 11.6 Å². The van der Waals surface area contributed by atoms with Crippen LogP contribution in [-0.2, 0) is 6.42 Å². The Labute approximate surface area is 117 Å². The van der Waals surface area contributed by atoms with Crippen LogP contribution in [-0.4, -0.2) is 33.3 Å². The highest BCUT2D eigenvalue weighted by Crippen LogP contribution is 2.19. The zero-order chi connectivity index (χ0) is 14.1. The summed E-state index contributed by atoms with van der Waals surface area (Å²) >= 11 is 0. The van der Waals surface area contributed by atoms with Crippen LogP contribution < -0.4 is 0 Å². The van der Waals surface area contributed by atoms with Gasteiger partial charge in [0.1, 0.15) is 17.2 Å². The molecule has 4 nitrogen and oxygen atoms in total. The lowest BCUT2D eigenvalue weighted by Crippen LogP contribution is -2.36. The number of amides is 1. The summed E-state index contributed by atoms with van der Waals surface area (Å²) in [6.07, 6.45) is 5.26. The molecule has 1 saturated heterocycles. The van der Waals surface area contributed by atoms with Gasteiger partial charge >= 0.3 is 0 Å². The lowest BCUT2D eigenvalue weighted by Gasteiger charge is -2.26. The maximum atomic E-state index is 13.5. The SMILES string of the molecule is CCc1nc2ccc(F)cn2c1C(=O)N1CCCCC1. The molecule has 1 fully saturated rings. The molecular weight excluding hydrogens is 257 g/mol. The first kappa shape index (κ1) is 13.1. The predicted molar refractivity (Wildman–Crippen MR) is 74.3 cm³/mol. The van der Waals surface area contributed by atoms with E-state index in [0.717, 1.165) is 31.6 Å². The molecular formula is C15H18FN3O. The number of hydrogen-bond donors (Lipinski definition) is 0. The Morgan fingerprint density at radius 3 is 2.75 bits per heavy atom. The van der Waals surface area contributed by atoms with E-state index in [1.165, 1.54) is 18.7 Å². The topological polar surface area (TPSA) is 37.6 Å². The molecule has 3 heterocycles. The number of nitrogens with zero attached hydrogens (tertiary/aromatic N) is 3. The minimum atomic E-state index is -0.356. The molecule has 2 aromatic rings. The Morgan fingerprint density at radius 1 is 1.30 bits per heavy atom. The summed E-state index contributed by atoms with van der Waals surface area (Å²) in [7, 11) is 0. The van der Waals surface area contributed by atoms with Crippen LogP contribution in [0.1, 0.15) is 42.4 Å². The number of halogens is 1. The summed E-state index contributed by atoms with van der Waals surface area (Å²) in [5, 5.41) is 0. The van der Waals surface area contributed by atoms with E-state index in [1.807, 2.05) is 11.8 Å². The van der Waals surface area contributed by atoms with Crippen LogP contribution >= 0.6 is 0 Å². The highest BCUT2D eigenvalue weighted by atomic mass is 19.1. The molecule has 106 valence electrons. The van der Waals surface area contributed by atoms with Gasteiger partial charge in [-0.1, -0.05) is 6.92 Å². The number of fused-ring (bicyclic) bond motifs is 1. The van der Waals surface area contributed by atoms with Gasteiger partial charge in [0.25, 0.3) is 5.91 Å². The number of rotatable bonds is 2. The van der Waals surface area contributed by atoms with E-state index >= 15 is 0 Å². The quantitative estimate of drug-likeness (QED) is 0.845. The van der Waals surface area contributed by atoms with Gasteiger partial charge in [0.05, 0.1) is 5.69 Å². The molecule has 1 aliphatic heterocycles. The minimum absolute atomic E-state index is 0.0281. The van der Waals surface area contributed by atoms with Gasteiger partial charge in [0.15, 0.2) is 0 Å². The number of pyridine rings is 1. The monoisotopic (exact) mass is 275 g/mol. The molecule has 0 saturated carbocycles. The predicted octanol–water partition coefficient (Wildman–Crippen LogP) is 2.66. The summed E-state index contributed by atoms with van der Waals surface area (Å²) in [6, 6.07) is 2.98. The Bertz CT molecular complexity index is 644. The van der Waals surface area contributed by atoms with Crippen molar-refractivity contribution in [1.29, 1.82) is 0 Å². The number of aromatic nitrogens is 2. The van der Waals surface area contributed by atoms with Gasteiger partial charge in [-0.25, -0.2) is 9.37 Å². The normalized spacial score (nSPS) is 15.8. The maximum absolute atomic E-state index is 13.5. The molecule has 0 radical (unpaired) electrons. The molecule has 0 atom stereocenters. The molecule has 0 aromatic carbocycles. The summed E-state index contributed by atoms with van der Waals surface area (Å²) in [6.45, 7) is 3.53. The lowest BCUT2D eigenvalue weighted by atomic mass is 10.1. The number of carbonyl (C=O) groups is 1. The first-order valence-electron chi connectivity index (χ1n) is 7.16. The van der Waals surface area contributed by atoms with E-state index in [9.17, 15) is 9.18 Å². The molecule has 0 bridgehead atoms. The molecule has 1 aliphatic rings. The van der Waals surface area contributed by atoms with Gasteiger partial charge in [-0.2, -0.15) is 0 Å². The van der Waals surface area contributed by atoms with Crippen molar-refractivity contribution in [2.24, 2.45) is 0 Å². The maximum Gasteiger partial charge on any atom is 0.272 e. The average Bonchev–Trinajstić information content (AvgIpc) is 2.85. The van der Waals surface area contributed by atoms with Crippen LogP contribution in [0, 0.1) is 5.82 Å². The Kier molecular flexibility index (Phi) is 3.42. The van der Waals surface area contributed by atoms with E-state index in [4.69, 9.17) is 0 Å². The van der Waals surface area contributed by atoms with Crippen molar-refractivity contribution < 1.29 is 9.18 Å². The molecule has 0 N–H and O–H groups in total. The second-order valence-electron chi connectivity index (χ2n) is 5.19. The number of aryl methyl sites for hydroxylation is 1. The molecule has 3 rings (SSSR count). The van der Waals surface area contributed by atoms with E-state index in [2.05, 4.69) is 4.98 Å². The fourth-order valence-electron chi connectivity index (χ4n) is 2.79. The summed E-state index contributed by atoms with van der Waals surface area (Å²) in [5.41, 5.74) is 1.89. The van der Waals surface area contributed by atoms with E-state index in [1.54, 1.807) is 10.5 Å². The van der Waals surface area contributed by atoms with Crippen molar-refractivity contribution in [3.05, 3.63) is 35.5 Å². The Hall–Kier alpha value is -1.91. The Balaban J connectivity index is 2.08. The van der Waals surface area contributed by atoms with Crippen LogP contribution in [0.5, 0.6) is 0 Å². The van der Waals surface area contributed by atoms with Gasteiger partial charge in [-0.3, -0.25) is 9.20 Å². The van der Waals surface area contributed by atoms with E-state index < -0.39 is 0 Å². The van der Waals surface area contributed by atoms with Crippen molar-refractivity contribution in [3.8, 4) is 0 Å². The third kappa shape index (κ3) is 2.17. The fourth-order valence-corrected chi connectivity index (χ4v) is 2.79. The van der Waals surface area contributed by atoms with Crippen molar-refractivity contribution in [1.82, 2.24) is 14.3 Å². The van der Waals surface area contributed by atoms with E-state index in [-0.39, 0.29) is 11.7 Å². The van der Waals surface area contributed by atoms with Gasteiger partial charge in [-0.15, -0.1) is 0 Å². The number of piperidine rings is 1. The molecule has 0 unspecified atom stereocenters. The Morgan fingerprint density at radius 2 is 2.05 bits per heavy atom. The molecule has 2 aromatic heterocycles. The number of imidazole rings is 1. The zero-order valence-corrected chi connectivity index (χ0v) is 11.6. The van der Waals surface area contributed by atoms with Crippen molar-refractivity contribution in [3.63, 3.8) is 0 Å². The minimum Gasteiger partial charge on any atom is -0.337 e. The average molecular weight is 275 g/mol. The van der Waals surface area contributed by atoms with Crippen LogP contribution in [0.25, 0.3) is 5.65 Å². The number of carbonyl (C=O) groups excluding carboxylic acids is 1. The first-order valence-corrected chi connectivity index (χ1v) is 7.16. The second kappa shape index (κ2) is 5.23. The highest BCUT2D eigenvalue weighted by molar-refractivity contribution is 5.94. The van der Waals surface area contributed by atoms with Gasteiger partial charge in [0.2, 0.25) is 0 Å². The summed E-state index contributed by atoms with van der Waals surface area (Å²) in [4.78, 5) is 19.0. The third-order valence-electron chi connectivity index (χ3n) is 3.84. The van der Waals surface area contributed by atoms with Crippen LogP contribution in [0.4, 0.5) is 4.39 Å². The summed E-state index contributed by atoms with van der Waals surface area (Å²) < 4.78 is 15.1. The van der Waals surface area contributed by atoms with Crippen LogP contribution in [0.15, 0.2) is 18.3 Å². The van der Waals surface area contributed by atoms with Crippen molar-refractivity contribution in [2.75, 3.05) is 13.1 Å². The van der Waals surface area contributed by atoms with Crippen LogP contribution in [0.2, 0.25) is 0 Å². The first-order chi connectivity index (χ1) is 9.70. The second-order valence-corrected chi connectivity index (χ2v) is 5.19. The smallest absolute Gasteiger partial charge is 0.272 e. The van der Waals surface area contributed by atoms with E-state index in [0.29, 0.717) is 17.8 Å². The molecule has 1 amide bonds. The standard InChI is InChI=1S/C15H18FN3O/c1-2-12-14(15(20)18-8-4-3-5-9-18)19-10-11(16)6-7-13(19)17-12/h6-7,10H,2-5,8-9H2,1H3. The summed E-state index contributed by atoms with van der Waals surface area (Å²) in [5.74, 6) is -0.384. The molecule has 5 heteroatoms. The van der Waals surface area contributed by atoms with Gasteiger partial charge in [-0.05, 0) is 37.8 Å². The van der Waals surface area contributed by atoms with Gasteiger partial charge in [0, 0.05) is 19.3 Å². The highest BCUT2D eigenvalue weighted by Gasteiger charge is 2.24.